The fourth-order valence-corrected chi connectivity index (χ4v) is 3.54. The molecular weight excluding hydrogens is 406 g/mol. The van der Waals surface area contributed by atoms with Crippen molar-refractivity contribution in [3.8, 4) is 11.8 Å². The quantitative estimate of drug-likeness (QED) is 0.576. The van der Waals surface area contributed by atoms with Crippen molar-refractivity contribution in [2.24, 2.45) is 0 Å². The fourth-order valence-electron chi connectivity index (χ4n) is 2.35. The molecule has 4 heteroatoms. The fraction of sp³-hybridized carbons (Fsp3) is 0.0909. The SMILES string of the molecule is Cc1ccc([S@](=O)N[C@@H](C#Cc2ccccc2)c2ccc(Br)cc2)cc1. The summed E-state index contributed by atoms with van der Waals surface area (Å²) in [5.74, 6) is 6.38. The number of hydrogen-bond acceptors (Lipinski definition) is 1. The van der Waals surface area contributed by atoms with Crippen molar-refractivity contribution < 1.29 is 4.21 Å². The first kappa shape index (κ1) is 18.6. The highest BCUT2D eigenvalue weighted by Crippen LogP contribution is 2.18. The average Bonchev–Trinajstić information content (AvgIpc) is 2.67. The van der Waals surface area contributed by atoms with Crippen molar-refractivity contribution >= 4 is 26.9 Å². The summed E-state index contributed by atoms with van der Waals surface area (Å²) in [6, 6.07) is 25.0. The largest absolute Gasteiger partial charge is 0.237 e. The summed E-state index contributed by atoms with van der Waals surface area (Å²) in [5.41, 5.74) is 3.04. The molecule has 0 aliphatic heterocycles. The molecule has 0 radical (unpaired) electrons. The van der Waals surface area contributed by atoms with Gasteiger partial charge in [-0.2, -0.15) is 0 Å². The van der Waals surface area contributed by atoms with E-state index < -0.39 is 11.0 Å². The van der Waals surface area contributed by atoms with E-state index in [9.17, 15) is 4.21 Å². The summed E-state index contributed by atoms with van der Waals surface area (Å²) in [4.78, 5) is 0.735. The van der Waals surface area contributed by atoms with Gasteiger partial charge in [-0.05, 0) is 48.9 Å². The van der Waals surface area contributed by atoms with E-state index >= 15 is 0 Å². The molecular formula is C22H18BrNOS. The number of nitrogens with one attached hydrogen (secondary N) is 1. The van der Waals surface area contributed by atoms with Gasteiger partial charge in [0.15, 0.2) is 0 Å². The zero-order valence-corrected chi connectivity index (χ0v) is 16.7. The maximum Gasteiger partial charge on any atom is 0.126 e. The van der Waals surface area contributed by atoms with Crippen molar-refractivity contribution in [1.29, 1.82) is 0 Å². The highest BCUT2D eigenvalue weighted by molar-refractivity contribution is 9.10. The van der Waals surface area contributed by atoms with Gasteiger partial charge in [-0.25, -0.2) is 8.93 Å². The first-order valence-corrected chi connectivity index (χ1v) is 10.1. The van der Waals surface area contributed by atoms with Crippen LogP contribution in [0.1, 0.15) is 22.7 Å². The zero-order chi connectivity index (χ0) is 18.4. The predicted octanol–water partition coefficient (Wildman–Crippen LogP) is 5.16. The second-order valence-corrected chi connectivity index (χ2v) is 7.98. The standard InChI is InChI=1S/C22H18BrNOS/c1-17-7-14-21(15-8-17)26(25)24-22(19-10-12-20(23)13-11-19)16-9-18-5-3-2-4-6-18/h2-8,10-15,22,24H,1H3/t22-,26-/m0/s1. The van der Waals surface area contributed by atoms with Crippen LogP contribution in [0.5, 0.6) is 0 Å². The first-order valence-electron chi connectivity index (χ1n) is 8.18. The normalized spacial score (nSPS) is 12.7. The van der Waals surface area contributed by atoms with Crippen molar-refractivity contribution in [1.82, 2.24) is 4.72 Å². The molecule has 0 fully saturated rings. The minimum atomic E-state index is -1.35. The van der Waals surface area contributed by atoms with Crippen molar-refractivity contribution in [3.05, 3.63) is 100 Å². The van der Waals surface area contributed by atoms with Gasteiger partial charge in [0.1, 0.15) is 17.0 Å². The highest BCUT2D eigenvalue weighted by atomic mass is 79.9. The molecule has 0 unspecified atom stereocenters. The smallest absolute Gasteiger partial charge is 0.126 e. The Morgan fingerprint density at radius 3 is 2.23 bits per heavy atom. The number of halogens is 1. The van der Waals surface area contributed by atoms with Gasteiger partial charge >= 0.3 is 0 Å². The van der Waals surface area contributed by atoms with E-state index in [4.69, 9.17) is 0 Å². The second-order valence-electron chi connectivity index (χ2n) is 5.82. The third kappa shape index (κ3) is 5.15. The second kappa shape index (κ2) is 8.95. The van der Waals surface area contributed by atoms with Gasteiger partial charge < -0.3 is 0 Å². The molecule has 3 aromatic carbocycles. The van der Waals surface area contributed by atoms with Crippen molar-refractivity contribution in [2.75, 3.05) is 0 Å². The Bertz CT molecular complexity index is 941. The molecule has 26 heavy (non-hydrogen) atoms. The molecule has 0 heterocycles. The van der Waals surface area contributed by atoms with Crippen molar-refractivity contribution in [3.63, 3.8) is 0 Å². The van der Waals surface area contributed by atoms with Gasteiger partial charge in [-0.1, -0.05) is 75.8 Å². The molecule has 0 spiro atoms. The molecule has 130 valence electrons. The molecule has 3 aromatic rings. The molecule has 0 saturated carbocycles. The summed E-state index contributed by atoms with van der Waals surface area (Å²) in [5, 5.41) is 0. The van der Waals surface area contributed by atoms with Gasteiger partial charge in [-0.3, -0.25) is 0 Å². The highest BCUT2D eigenvalue weighted by Gasteiger charge is 2.13. The van der Waals surface area contributed by atoms with E-state index in [1.807, 2.05) is 85.8 Å². The Kier molecular flexibility index (Phi) is 6.40. The Morgan fingerprint density at radius 2 is 1.58 bits per heavy atom. The minimum Gasteiger partial charge on any atom is -0.237 e. The Balaban J connectivity index is 1.87. The third-order valence-electron chi connectivity index (χ3n) is 3.80. The zero-order valence-electron chi connectivity index (χ0n) is 14.3. The molecule has 0 amide bonds. The molecule has 0 aromatic heterocycles. The van der Waals surface area contributed by atoms with Crippen LogP contribution in [0, 0.1) is 18.8 Å². The average molecular weight is 424 g/mol. The van der Waals surface area contributed by atoms with Gasteiger partial charge in [-0.15, -0.1) is 0 Å². The lowest BCUT2D eigenvalue weighted by molar-refractivity contribution is 0.666. The molecule has 3 rings (SSSR count). The molecule has 0 aliphatic carbocycles. The lowest BCUT2D eigenvalue weighted by Gasteiger charge is -2.13. The van der Waals surface area contributed by atoms with Crippen LogP contribution in [-0.4, -0.2) is 4.21 Å². The van der Waals surface area contributed by atoms with Crippen LogP contribution in [0.2, 0.25) is 0 Å². The maximum atomic E-state index is 12.7. The molecule has 2 atom stereocenters. The van der Waals surface area contributed by atoms with Gasteiger partial charge in [0.2, 0.25) is 0 Å². The van der Waals surface area contributed by atoms with Gasteiger partial charge in [0, 0.05) is 10.0 Å². The van der Waals surface area contributed by atoms with Crippen LogP contribution in [0.25, 0.3) is 0 Å². The predicted molar refractivity (Wildman–Crippen MR) is 111 cm³/mol. The number of benzene rings is 3. The lowest BCUT2D eigenvalue weighted by atomic mass is 10.1. The summed E-state index contributed by atoms with van der Waals surface area (Å²) in [6.45, 7) is 2.01. The van der Waals surface area contributed by atoms with E-state index in [0.29, 0.717) is 0 Å². The number of hydrogen-bond donors (Lipinski definition) is 1. The maximum absolute atomic E-state index is 12.7. The number of aryl methyl sites for hydroxylation is 1. The van der Waals surface area contributed by atoms with Gasteiger partial charge in [0.25, 0.3) is 0 Å². The van der Waals surface area contributed by atoms with Crippen LogP contribution in [0.4, 0.5) is 0 Å². The van der Waals surface area contributed by atoms with E-state index in [2.05, 4.69) is 32.5 Å². The summed E-state index contributed by atoms with van der Waals surface area (Å²) in [6.07, 6.45) is 0. The molecule has 0 bridgehead atoms. The van der Waals surface area contributed by atoms with E-state index in [1.165, 1.54) is 0 Å². The Morgan fingerprint density at radius 1 is 0.923 bits per heavy atom. The topological polar surface area (TPSA) is 29.1 Å². The molecule has 2 nitrogen and oxygen atoms in total. The molecule has 0 aliphatic rings. The van der Waals surface area contributed by atoms with E-state index in [1.54, 1.807) is 0 Å². The van der Waals surface area contributed by atoms with Crippen molar-refractivity contribution in [2.45, 2.75) is 17.9 Å². The third-order valence-corrected chi connectivity index (χ3v) is 5.48. The van der Waals surface area contributed by atoms with Crippen LogP contribution in [0.15, 0.2) is 88.2 Å². The van der Waals surface area contributed by atoms with E-state index in [-0.39, 0.29) is 6.04 Å². The lowest BCUT2D eigenvalue weighted by Crippen LogP contribution is -2.22. The molecule has 1 N–H and O–H groups in total. The summed E-state index contributed by atoms with van der Waals surface area (Å²) < 4.78 is 16.9. The van der Waals surface area contributed by atoms with E-state index in [0.717, 1.165) is 26.1 Å². The van der Waals surface area contributed by atoms with Gasteiger partial charge in [0.05, 0.1) is 4.90 Å². The van der Waals surface area contributed by atoms with Crippen LogP contribution in [0.3, 0.4) is 0 Å². The summed E-state index contributed by atoms with van der Waals surface area (Å²) >= 11 is 3.45. The Hall–Kier alpha value is -2.19. The van der Waals surface area contributed by atoms with Crippen LogP contribution in [-0.2, 0) is 11.0 Å². The Labute approximate surface area is 165 Å². The summed E-state index contributed by atoms with van der Waals surface area (Å²) in [7, 11) is -1.35. The number of rotatable bonds is 4. The molecule has 0 saturated heterocycles. The van der Waals surface area contributed by atoms with Crippen LogP contribution >= 0.6 is 15.9 Å². The minimum absolute atomic E-state index is 0.342. The first-order chi connectivity index (χ1) is 12.6. The van der Waals surface area contributed by atoms with Crippen LogP contribution < -0.4 is 4.72 Å². The monoisotopic (exact) mass is 423 g/mol.